The van der Waals surface area contributed by atoms with Crippen LogP contribution in [-0.4, -0.2) is 35.4 Å². The SMILES string of the molecule is CC[C@]1(c2ccccc2)NC(=O)N(NC(=O)COC(=O)Cc2cccc(F)c2)C1=O. The Morgan fingerprint density at radius 1 is 1.13 bits per heavy atom. The smallest absolute Gasteiger partial charge is 0.344 e. The van der Waals surface area contributed by atoms with Crippen LogP contribution >= 0.6 is 0 Å². The number of nitrogens with one attached hydrogen (secondary N) is 2. The van der Waals surface area contributed by atoms with E-state index in [9.17, 15) is 23.6 Å². The number of imide groups is 1. The fourth-order valence-corrected chi connectivity index (χ4v) is 3.21. The summed E-state index contributed by atoms with van der Waals surface area (Å²) in [6.07, 6.45) is 0.0533. The third-order valence-electron chi connectivity index (χ3n) is 4.73. The van der Waals surface area contributed by atoms with Crippen LogP contribution < -0.4 is 10.7 Å². The van der Waals surface area contributed by atoms with Gasteiger partial charge in [0.05, 0.1) is 6.42 Å². The van der Waals surface area contributed by atoms with Crippen molar-refractivity contribution in [2.24, 2.45) is 0 Å². The number of urea groups is 1. The van der Waals surface area contributed by atoms with Crippen molar-refractivity contribution in [3.63, 3.8) is 0 Å². The van der Waals surface area contributed by atoms with E-state index in [-0.39, 0.29) is 12.8 Å². The van der Waals surface area contributed by atoms with E-state index < -0.39 is 41.8 Å². The molecule has 156 valence electrons. The van der Waals surface area contributed by atoms with Crippen LogP contribution in [0.4, 0.5) is 9.18 Å². The van der Waals surface area contributed by atoms with Crippen LogP contribution in [0, 0.1) is 5.82 Å². The van der Waals surface area contributed by atoms with Crippen molar-refractivity contribution in [1.29, 1.82) is 0 Å². The number of carbonyl (C=O) groups excluding carboxylic acids is 4. The van der Waals surface area contributed by atoms with Gasteiger partial charge in [-0.05, 0) is 29.7 Å². The largest absolute Gasteiger partial charge is 0.455 e. The van der Waals surface area contributed by atoms with E-state index in [4.69, 9.17) is 4.74 Å². The molecule has 1 atom stereocenters. The third-order valence-corrected chi connectivity index (χ3v) is 4.73. The summed E-state index contributed by atoms with van der Waals surface area (Å²) < 4.78 is 18.0. The molecule has 0 saturated carbocycles. The van der Waals surface area contributed by atoms with E-state index in [1.807, 2.05) is 0 Å². The van der Waals surface area contributed by atoms with Crippen LogP contribution in [0.2, 0.25) is 0 Å². The Labute approximate surface area is 172 Å². The summed E-state index contributed by atoms with van der Waals surface area (Å²) >= 11 is 0. The van der Waals surface area contributed by atoms with Crippen molar-refractivity contribution in [3.05, 3.63) is 71.5 Å². The van der Waals surface area contributed by atoms with Crippen LogP contribution in [0.3, 0.4) is 0 Å². The van der Waals surface area contributed by atoms with Gasteiger partial charge in [-0.3, -0.25) is 19.8 Å². The van der Waals surface area contributed by atoms with Crippen molar-refractivity contribution in [2.45, 2.75) is 25.3 Å². The zero-order valence-electron chi connectivity index (χ0n) is 16.2. The van der Waals surface area contributed by atoms with Gasteiger partial charge in [0, 0.05) is 0 Å². The molecule has 2 N–H and O–H groups in total. The Hall–Kier alpha value is -3.75. The van der Waals surface area contributed by atoms with Gasteiger partial charge in [-0.1, -0.05) is 49.4 Å². The molecule has 0 spiro atoms. The minimum atomic E-state index is -1.29. The van der Waals surface area contributed by atoms with Gasteiger partial charge in [0.1, 0.15) is 11.4 Å². The Bertz CT molecular complexity index is 982. The molecule has 8 nitrogen and oxygen atoms in total. The van der Waals surface area contributed by atoms with Crippen molar-refractivity contribution in [3.8, 4) is 0 Å². The molecule has 0 radical (unpaired) electrons. The van der Waals surface area contributed by atoms with Gasteiger partial charge in [0.2, 0.25) is 0 Å². The number of carbonyl (C=O) groups is 4. The maximum atomic E-state index is 13.2. The molecule has 1 saturated heterocycles. The summed E-state index contributed by atoms with van der Waals surface area (Å²) in [6, 6.07) is 13.3. The Morgan fingerprint density at radius 2 is 1.87 bits per heavy atom. The maximum Gasteiger partial charge on any atom is 0.344 e. The van der Waals surface area contributed by atoms with Gasteiger partial charge in [-0.15, -0.1) is 0 Å². The number of hydrogen-bond acceptors (Lipinski definition) is 5. The molecule has 2 aromatic carbocycles. The lowest BCUT2D eigenvalue weighted by Crippen LogP contribution is -2.49. The van der Waals surface area contributed by atoms with Crippen molar-refractivity contribution < 1.29 is 28.3 Å². The fourth-order valence-electron chi connectivity index (χ4n) is 3.21. The molecule has 1 aliphatic heterocycles. The zero-order chi connectivity index (χ0) is 21.7. The third kappa shape index (κ3) is 4.29. The van der Waals surface area contributed by atoms with Crippen molar-refractivity contribution in [2.75, 3.05) is 6.61 Å². The summed E-state index contributed by atoms with van der Waals surface area (Å²) in [5.74, 6) is -2.73. The van der Waals surface area contributed by atoms with E-state index in [1.54, 1.807) is 43.3 Å². The van der Waals surface area contributed by atoms with Crippen molar-refractivity contribution >= 4 is 23.8 Å². The average molecular weight is 413 g/mol. The number of halogens is 1. The first-order valence-electron chi connectivity index (χ1n) is 9.27. The highest BCUT2D eigenvalue weighted by atomic mass is 19.1. The highest BCUT2D eigenvalue weighted by molar-refractivity contribution is 6.08. The summed E-state index contributed by atoms with van der Waals surface area (Å²) in [4.78, 5) is 49.2. The number of amides is 4. The lowest BCUT2D eigenvalue weighted by Gasteiger charge is -2.25. The van der Waals surface area contributed by atoms with E-state index >= 15 is 0 Å². The Morgan fingerprint density at radius 3 is 2.53 bits per heavy atom. The Kier molecular flexibility index (Phi) is 6.10. The number of rotatable bonds is 7. The molecule has 0 unspecified atom stereocenters. The van der Waals surface area contributed by atoms with Gasteiger partial charge >= 0.3 is 12.0 Å². The second-order valence-electron chi connectivity index (χ2n) is 6.70. The molecule has 30 heavy (non-hydrogen) atoms. The zero-order valence-corrected chi connectivity index (χ0v) is 16.2. The number of nitrogens with zero attached hydrogens (tertiary/aromatic N) is 1. The number of esters is 1. The van der Waals surface area contributed by atoms with Crippen molar-refractivity contribution in [1.82, 2.24) is 15.8 Å². The average Bonchev–Trinajstić information content (AvgIpc) is 2.98. The molecular formula is C21H20FN3O5. The lowest BCUT2D eigenvalue weighted by molar-refractivity contribution is -0.150. The van der Waals surface area contributed by atoms with E-state index in [2.05, 4.69) is 10.7 Å². The van der Waals surface area contributed by atoms with E-state index in [0.717, 1.165) is 0 Å². The lowest BCUT2D eigenvalue weighted by atomic mass is 9.87. The topological polar surface area (TPSA) is 105 Å². The first-order chi connectivity index (χ1) is 14.4. The molecule has 1 fully saturated rings. The highest BCUT2D eigenvalue weighted by Crippen LogP contribution is 2.31. The normalized spacial score (nSPS) is 18.1. The highest BCUT2D eigenvalue weighted by Gasteiger charge is 2.52. The summed E-state index contributed by atoms with van der Waals surface area (Å²) in [5, 5.41) is 3.20. The maximum absolute atomic E-state index is 13.2. The number of hydrogen-bond donors (Lipinski definition) is 2. The summed E-state index contributed by atoms with van der Waals surface area (Å²) in [6.45, 7) is 1.04. The molecule has 0 bridgehead atoms. The first kappa shape index (κ1) is 21.0. The number of hydrazine groups is 1. The van der Waals surface area contributed by atoms with Gasteiger partial charge in [-0.25, -0.2) is 9.18 Å². The van der Waals surface area contributed by atoms with Gasteiger partial charge < -0.3 is 10.1 Å². The monoisotopic (exact) mass is 413 g/mol. The second-order valence-corrected chi connectivity index (χ2v) is 6.70. The summed E-state index contributed by atoms with van der Waals surface area (Å²) in [7, 11) is 0. The molecule has 0 aromatic heterocycles. The fraction of sp³-hybridized carbons (Fsp3) is 0.238. The van der Waals surface area contributed by atoms with Gasteiger partial charge in [-0.2, -0.15) is 5.01 Å². The molecule has 0 aliphatic carbocycles. The first-order valence-corrected chi connectivity index (χ1v) is 9.27. The predicted octanol–water partition coefficient (Wildman–Crippen LogP) is 1.80. The standard InChI is InChI=1S/C21H20FN3O5/c1-2-21(15-8-4-3-5-9-15)19(28)25(20(29)23-21)24-17(26)13-30-18(27)12-14-7-6-10-16(22)11-14/h3-11H,2,12-13H2,1H3,(H,23,29)(H,24,26)/t21-/m1/s1. The Balaban J connectivity index is 1.59. The van der Waals surface area contributed by atoms with Crippen LogP contribution in [0.5, 0.6) is 0 Å². The number of benzene rings is 2. The quantitative estimate of drug-likeness (QED) is 0.532. The molecule has 4 amide bonds. The predicted molar refractivity (Wildman–Crippen MR) is 103 cm³/mol. The van der Waals surface area contributed by atoms with Crippen LogP contribution in [0.25, 0.3) is 0 Å². The molecule has 3 rings (SSSR count). The minimum Gasteiger partial charge on any atom is -0.455 e. The van der Waals surface area contributed by atoms with Crippen LogP contribution in [0.1, 0.15) is 24.5 Å². The molecular weight excluding hydrogens is 393 g/mol. The van der Waals surface area contributed by atoms with E-state index in [1.165, 1.54) is 18.2 Å². The second kappa shape index (κ2) is 8.73. The van der Waals surface area contributed by atoms with E-state index in [0.29, 0.717) is 16.1 Å². The summed E-state index contributed by atoms with van der Waals surface area (Å²) in [5.41, 5.74) is 1.85. The minimum absolute atomic E-state index is 0.221. The molecule has 9 heteroatoms. The molecule has 1 aliphatic rings. The molecule has 1 heterocycles. The van der Waals surface area contributed by atoms with Crippen LogP contribution in [-0.2, 0) is 31.1 Å². The number of ether oxygens (including phenoxy) is 1. The molecule has 2 aromatic rings. The van der Waals surface area contributed by atoms with Crippen LogP contribution in [0.15, 0.2) is 54.6 Å². The van der Waals surface area contributed by atoms with Gasteiger partial charge in [0.15, 0.2) is 6.61 Å². The van der Waals surface area contributed by atoms with Gasteiger partial charge in [0.25, 0.3) is 11.8 Å².